The predicted octanol–water partition coefficient (Wildman–Crippen LogP) is 3.94. The zero-order valence-corrected chi connectivity index (χ0v) is 17.3. The topological polar surface area (TPSA) is 59.0 Å². The third-order valence-electron chi connectivity index (χ3n) is 5.98. The van der Waals surface area contributed by atoms with E-state index in [1.807, 2.05) is 69.2 Å². The molecule has 1 aliphatic rings. The molecule has 2 atom stereocenters. The van der Waals surface area contributed by atoms with Gasteiger partial charge in [0.1, 0.15) is 17.8 Å². The maximum atomic E-state index is 12.3. The number of rotatable bonds is 8. The van der Waals surface area contributed by atoms with Crippen LogP contribution in [-0.2, 0) is 9.53 Å². The van der Waals surface area contributed by atoms with Crippen LogP contribution in [0.1, 0.15) is 44.8 Å². The van der Waals surface area contributed by atoms with E-state index >= 15 is 0 Å². The summed E-state index contributed by atoms with van der Waals surface area (Å²) in [6.07, 6.45) is 2.14. The standard InChI is InChI=1S/C23H31NO4/c1-5-27-22(26)23(11-6-12-23)15-28-20-10-9-17-13-19(8-7-18(17)14-20)21(25)16(2)24(3)4/h7-10,13-14,16,21,25H,5-6,11-12,15H2,1-4H3. The highest BCUT2D eigenvalue weighted by Crippen LogP contribution is 2.42. The summed E-state index contributed by atoms with van der Waals surface area (Å²) in [5.74, 6) is 0.605. The van der Waals surface area contributed by atoms with Gasteiger partial charge in [-0.25, -0.2) is 0 Å². The first-order chi connectivity index (χ1) is 13.4. The molecule has 1 N–H and O–H groups in total. The number of carbonyl (C=O) groups excluding carboxylic acids is 1. The van der Waals surface area contributed by atoms with Crippen molar-refractivity contribution in [3.8, 4) is 5.75 Å². The summed E-state index contributed by atoms with van der Waals surface area (Å²) in [6, 6.07) is 11.9. The Morgan fingerprint density at radius 2 is 1.86 bits per heavy atom. The molecule has 0 aromatic heterocycles. The summed E-state index contributed by atoms with van der Waals surface area (Å²) in [7, 11) is 3.92. The average Bonchev–Trinajstić information content (AvgIpc) is 2.65. The third-order valence-corrected chi connectivity index (χ3v) is 5.98. The Labute approximate surface area is 167 Å². The Balaban J connectivity index is 1.72. The van der Waals surface area contributed by atoms with Gasteiger partial charge in [0, 0.05) is 6.04 Å². The van der Waals surface area contributed by atoms with Crippen molar-refractivity contribution in [3.05, 3.63) is 42.0 Å². The van der Waals surface area contributed by atoms with Crippen LogP contribution in [0.3, 0.4) is 0 Å². The van der Waals surface area contributed by atoms with Crippen molar-refractivity contribution in [3.63, 3.8) is 0 Å². The third kappa shape index (κ3) is 4.15. The molecule has 0 radical (unpaired) electrons. The van der Waals surface area contributed by atoms with Gasteiger partial charge in [0.05, 0.1) is 12.7 Å². The summed E-state index contributed by atoms with van der Waals surface area (Å²) in [5, 5.41) is 12.7. The van der Waals surface area contributed by atoms with E-state index in [-0.39, 0.29) is 12.0 Å². The average molecular weight is 386 g/mol. The number of fused-ring (bicyclic) bond motifs is 1. The molecule has 2 unspecified atom stereocenters. The molecule has 0 aliphatic heterocycles. The van der Waals surface area contributed by atoms with Crippen molar-refractivity contribution < 1.29 is 19.4 Å². The van der Waals surface area contributed by atoms with Crippen LogP contribution in [0.25, 0.3) is 10.8 Å². The summed E-state index contributed by atoms with van der Waals surface area (Å²) in [5.41, 5.74) is 0.416. The van der Waals surface area contributed by atoms with Crippen LogP contribution in [0.2, 0.25) is 0 Å². The molecule has 5 nitrogen and oxygen atoms in total. The maximum absolute atomic E-state index is 12.3. The van der Waals surface area contributed by atoms with Crippen LogP contribution in [0.4, 0.5) is 0 Å². The first-order valence-corrected chi connectivity index (χ1v) is 10.0. The minimum Gasteiger partial charge on any atom is -0.492 e. The summed E-state index contributed by atoms with van der Waals surface area (Å²) in [4.78, 5) is 14.3. The van der Waals surface area contributed by atoms with Crippen LogP contribution in [0, 0.1) is 5.41 Å². The number of nitrogens with zero attached hydrogens (tertiary/aromatic N) is 1. The number of benzene rings is 2. The highest BCUT2D eigenvalue weighted by molar-refractivity contribution is 5.84. The van der Waals surface area contributed by atoms with Gasteiger partial charge in [-0.3, -0.25) is 4.79 Å². The lowest BCUT2D eigenvalue weighted by atomic mass is 9.69. The van der Waals surface area contributed by atoms with Crippen LogP contribution in [0.5, 0.6) is 5.75 Å². The van der Waals surface area contributed by atoms with Crippen molar-refractivity contribution >= 4 is 16.7 Å². The Morgan fingerprint density at radius 1 is 1.18 bits per heavy atom. The molecular weight excluding hydrogens is 354 g/mol. The van der Waals surface area contributed by atoms with E-state index in [1.54, 1.807) is 0 Å². The highest BCUT2D eigenvalue weighted by Gasteiger charge is 2.46. The second-order valence-corrected chi connectivity index (χ2v) is 8.06. The minimum absolute atomic E-state index is 0.0293. The van der Waals surface area contributed by atoms with Crippen molar-refractivity contribution in [2.24, 2.45) is 5.41 Å². The number of esters is 1. The molecule has 5 heteroatoms. The van der Waals surface area contributed by atoms with E-state index in [4.69, 9.17) is 9.47 Å². The molecule has 152 valence electrons. The molecule has 0 bridgehead atoms. The van der Waals surface area contributed by atoms with Gasteiger partial charge in [-0.15, -0.1) is 0 Å². The largest absolute Gasteiger partial charge is 0.492 e. The molecule has 0 saturated heterocycles. The molecule has 0 spiro atoms. The number of likely N-dealkylation sites (N-methyl/N-ethyl adjacent to an activating group) is 1. The summed E-state index contributed by atoms with van der Waals surface area (Å²) in [6.45, 7) is 4.59. The molecule has 3 rings (SSSR count). The van der Waals surface area contributed by atoms with Crippen LogP contribution >= 0.6 is 0 Å². The minimum atomic E-state index is -0.543. The molecule has 2 aromatic carbocycles. The van der Waals surface area contributed by atoms with Crippen LogP contribution in [0.15, 0.2) is 36.4 Å². The number of hydrogen-bond donors (Lipinski definition) is 1. The number of hydrogen-bond acceptors (Lipinski definition) is 5. The zero-order chi connectivity index (χ0) is 20.3. The maximum Gasteiger partial charge on any atom is 0.315 e. The number of aliphatic hydroxyl groups is 1. The molecule has 1 fully saturated rings. The molecule has 1 aliphatic carbocycles. The quantitative estimate of drug-likeness (QED) is 0.698. The van der Waals surface area contributed by atoms with E-state index in [0.717, 1.165) is 41.3 Å². The van der Waals surface area contributed by atoms with Gasteiger partial charge in [-0.1, -0.05) is 24.6 Å². The van der Waals surface area contributed by atoms with Crippen molar-refractivity contribution in [1.82, 2.24) is 4.90 Å². The van der Waals surface area contributed by atoms with E-state index in [9.17, 15) is 9.90 Å². The van der Waals surface area contributed by atoms with Crippen molar-refractivity contribution in [1.29, 1.82) is 0 Å². The van der Waals surface area contributed by atoms with Crippen LogP contribution in [-0.4, -0.2) is 49.3 Å². The lowest BCUT2D eigenvalue weighted by Gasteiger charge is -2.38. The van der Waals surface area contributed by atoms with E-state index in [2.05, 4.69) is 0 Å². The number of aliphatic hydroxyl groups excluding tert-OH is 1. The second-order valence-electron chi connectivity index (χ2n) is 8.06. The first-order valence-electron chi connectivity index (χ1n) is 10.0. The Morgan fingerprint density at radius 3 is 2.46 bits per heavy atom. The highest BCUT2D eigenvalue weighted by atomic mass is 16.5. The van der Waals surface area contributed by atoms with Gasteiger partial charge < -0.3 is 19.5 Å². The Bertz CT molecular complexity index is 828. The van der Waals surface area contributed by atoms with E-state index < -0.39 is 11.5 Å². The van der Waals surface area contributed by atoms with Crippen molar-refractivity contribution in [2.75, 3.05) is 27.3 Å². The summed E-state index contributed by atoms with van der Waals surface area (Å²) >= 11 is 0. The normalized spacial score (nSPS) is 17.8. The van der Waals surface area contributed by atoms with E-state index in [1.165, 1.54) is 0 Å². The lowest BCUT2D eigenvalue weighted by Crippen LogP contribution is -2.44. The number of ether oxygens (including phenoxy) is 2. The fourth-order valence-corrected chi connectivity index (χ4v) is 3.59. The zero-order valence-electron chi connectivity index (χ0n) is 17.3. The first kappa shape index (κ1) is 20.6. The molecule has 28 heavy (non-hydrogen) atoms. The van der Waals surface area contributed by atoms with Gasteiger partial charge in [-0.2, -0.15) is 0 Å². The molecule has 0 amide bonds. The van der Waals surface area contributed by atoms with Gasteiger partial charge >= 0.3 is 5.97 Å². The van der Waals surface area contributed by atoms with Crippen molar-refractivity contribution in [2.45, 2.75) is 45.3 Å². The van der Waals surface area contributed by atoms with Gasteiger partial charge in [0.15, 0.2) is 0 Å². The van der Waals surface area contributed by atoms with E-state index in [0.29, 0.717) is 13.2 Å². The molecule has 1 saturated carbocycles. The predicted molar refractivity (Wildman–Crippen MR) is 110 cm³/mol. The Hall–Kier alpha value is -2.11. The second kappa shape index (κ2) is 8.50. The SMILES string of the molecule is CCOC(=O)C1(COc2ccc3cc(C(O)C(C)N(C)C)ccc3c2)CCC1. The van der Waals surface area contributed by atoms with Gasteiger partial charge in [-0.05, 0) is 75.3 Å². The van der Waals surface area contributed by atoms with Gasteiger partial charge in [0.25, 0.3) is 0 Å². The molecule has 0 heterocycles. The molecule has 2 aromatic rings. The smallest absolute Gasteiger partial charge is 0.315 e. The fourth-order valence-electron chi connectivity index (χ4n) is 3.59. The van der Waals surface area contributed by atoms with Gasteiger partial charge in [0.2, 0.25) is 0 Å². The lowest BCUT2D eigenvalue weighted by molar-refractivity contribution is -0.163. The summed E-state index contributed by atoms with van der Waals surface area (Å²) < 4.78 is 11.2. The number of carbonyl (C=O) groups is 1. The fraction of sp³-hybridized carbons (Fsp3) is 0.522. The Kier molecular flexibility index (Phi) is 6.26. The van der Waals surface area contributed by atoms with Crippen LogP contribution < -0.4 is 4.74 Å². The molecular formula is C23H31NO4. The monoisotopic (exact) mass is 385 g/mol.